The highest BCUT2D eigenvalue weighted by Gasteiger charge is 2.39. The van der Waals surface area contributed by atoms with Crippen LogP contribution in [0.3, 0.4) is 0 Å². The Morgan fingerprint density at radius 2 is 2.28 bits per heavy atom. The molecule has 3 rings (SSSR count). The summed E-state index contributed by atoms with van der Waals surface area (Å²) in [5, 5.41) is 0. The van der Waals surface area contributed by atoms with Crippen LogP contribution < -0.4 is 10.6 Å². The Morgan fingerprint density at radius 3 is 2.94 bits per heavy atom. The summed E-state index contributed by atoms with van der Waals surface area (Å²) in [6, 6.07) is 4.11. The molecule has 2 bridgehead atoms. The molecule has 0 aromatic carbocycles. The third-order valence-electron chi connectivity index (χ3n) is 4.83. The number of nitrogens with zero attached hydrogens (tertiary/aromatic N) is 2. The van der Waals surface area contributed by atoms with Crippen LogP contribution in [-0.4, -0.2) is 18.6 Å². The first-order chi connectivity index (χ1) is 8.76. The van der Waals surface area contributed by atoms with Crippen LogP contribution in [0, 0.1) is 17.8 Å². The van der Waals surface area contributed by atoms with Crippen LogP contribution in [0.25, 0.3) is 0 Å². The van der Waals surface area contributed by atoms with Crippen molar-refractivity contribution in [3.63, 3.8) is 0 Å². The van der Waals surface area contributed by atoms with E-state index in [9.17, 15) is 0 Å². The average molecular weight is 245 g/mol. The van der Waals surface area contributed by atoms with Crippen LogP contribution in [0.2, 0.25) is 0 Å². The van der Waals surface area contributed by atoms with Gasteiger partial charge in [-0.05, 0) is 54.7 Å². The Labute approximate surface area is 109 Å². The van der Waals surface area contributed by atoms with Gasteiger partial charge in [-0.15, -0.1) is 0 Å². The van der Waals surface area contributed by atoms with Crippen LogP contribution in [0.5, 0.6) is 0 Å². The van der Waals surface area contributed by atoms with Crippen molar-refractivity contribution in [2.24, 2.45) is 23.5 Å². The molecule has 2 saturated carbocycles. The van der Waals surface area contributed by atoms with Crippen molar-refractivity contribution in [2.45, 2.75) is 32.2 Å². The van der Waals surface area contributed by atoms with Crippen LogP contribution >= 0.6 is 0 Å². The van der Waals surface area contributed by atoms with Gasteiger partial charge in [0, 0.05) is 26.3 Å². The Hall–Kier alpha value is -1.09. The minimum absolute atomic E-state index is 0.595. The predicted molar refractivity (Wildman–Crippen MR) is 74.3 cm³/mol. The largest absolute Gasteiger partial charge is 0.359 e. The molecule has 98 valence electrons. The van der Waals surface area contributed by atoms with E-state index in [2.05, 4.69) is 23.0 Å². The first-order valence-electron chi connectivity index (χ1n) is 7.12. The van der Waals surface area contributed by atoms with Gasteiger partial charge in [0.1, 0.15) is 5.82 Å². The predicted octanol–water partition coefficient (Wildman–Crippen LogP) is 2.41. The lowest BCUT2D eigenvalue weighted by Gasteiger charge is -2.28. The van der Waals surface area contributed by atoms with Crippen LogP contribution in [0.1, 0.15) is 31.2 Å². The van der Waals surface area contributed by atoms with Gasteiger partial charge in [-0.2, -0.15) is 0 Å². The van der Waals surface area contributed by atoms with E-state index in [0.717, 1.165) is 30.1 Å². The molecule has 2 aliphatic rings. The fourth-order valence-corrected chi connectivity index (χ4v) is 3.84. The Bertz CT molecular complexity index is 418. The van der Waals surface area contributed by atoms with Gasteiger partial charge in [0.15, 0.2) is 0 Å². The average Bonchev–Trinajstić information content (AvgIpc) is 3.01. The summed E-state index contributed by atoms with van der Waals surface area (Å²) in [5.41, 5.74) is 6.85. The Balaban J connectivity index is 1.65. The van der Waals surface area contributed by atoms with Crippen molar-refractivity contribution in [2.75, 3.05) is 18.5 Å². The number of rotatable bonds is 4. The lowest BCUT2D eigenvalue weighted by Crippen LogP contribution is -2.29. The highest BCUT2D eigenvalue weighted by Crippen LogP contribution is 2.48. The molecule has 2 N–H and O–H groups in total. The second kappa shape index (κ2) is 4.88. The highest BCUT2D eigenvalue weighted by molar-refractivity contribution is 5.40. The summed E-state index contributed by atoms with van der Waals surface area (Å²) in [6.07, 6.45) is 7.72. The lowest BCUT2D eigenvalue weighted by atomic mass is 9.88. The van der Waals surface area contributed by atoms with Gasteiger partial charge in [-0.25, -0.2) is 4.98 Å². The van der Waals surface area contributed by atoms with Crippen molar-refractivity contribution >= 4 is 5.82 Å². The zero-order chi connectivity index (χ0) is 12.5. The molecule has 3 atom stereocenters. The molecule has 0 spiro atoms. The molecule has 1 aromatic heterocycles. The summed E-state index contributed by atoms with van der Waals surface area (Å²) >= 11 is 0. The molecule has 0 amide bonds. The molecule has 0 aliphatic heterocycles. The van der Waals surface area contributed by atoms with Gasteiger partial charge in [0.05, 0.1) is 0 Å². The maximum absolute atomic E-state index is 5.69. The zero-order valence-electron chi connectivity index (χ0n) is 11.2. The van der Waals surface area contributed by atoms with E-state index in [4.69, 9.17) is 5.73 Å². The van der Waals surface area contributed by atoms with E-state index < -0.39 is 0 Å². The minimum atomic E-state index is 0.595. The van der Waals surface area contributed by atoms with Gasteiger partial charge in [0.2, 0.25) is 0 Å². The molecule has 3 heteroatoms. The highest BCUT2D eigenvalue weighted by atomic mass is 15.2. The SMILES string of the molecule is CN(CC1CC2CCC1C2)c1cc(CN)ccn1. The summed E-state index contributed by atoms with van der Waals surface area (Å²) in [5.74, 6) is 3.96. The fraction of sp³-hybridized carbons (Fsp3) is 0.667. The van der Waals surface area contributed by atoms with Gasteiger partial charge in [-0.1, -0.05) is 6.42 Å². The van der Waals surface area contributed by atoms with E-state index in [1.807, 2.05) is 12.3 Å². The number of aromatic nitrogens is 1. The Kier molecular flexibility index (Phi) is 3.25. The normalized spacial score (nSPS) is 29.8. The van der Waals surface area contributed by atoms with Crippen LogP contribution in [-0.2, 0) is 6.54 Å². The number of nitrogens with two attached hydrogens (primary N) is 1. The maximum atomic E-state index is 5.69. The molecule has 1 aromatic rings. The minimum Gasteiger partial charge on any atom is -0.359 e. The number of hydrogen-bond donors (Lipinski definition) is 1. The van der Waals surface area contributed by atoms with Gasteiger partial charge in [-0.3, -0.25) is 0 Å². The molecular formula is C15H23N3. The topological polar surface area (TPSA) is 42.1 Å². The van der Waals surface area contributed by atoms with Crippen molar-refractivity contribution < 1.29 is 0 Å². The standard InChI is InChI=1S/C15H23N3/c1-18(15-8-12(9-16)4-5-17-15)10-14-7-11-2-3-13(14)6-11/h4-5,8,11,13-14H,2-3,6-7,9-10,16H2,1H3. The number of hydrogen-bond acceptors (Lipinski definition) is 3. The molecule has 18 heavy (non-hydrogen) atoms. The monoisotopic (exact) mass is 245 g/mol. The first-order valence-corrected chi connectivity index (χ1v) is 7.12. The van der Waals surface area contributed by atoms with E-state index in [1.165, 1.54) is 31.2 Å². The van der Waals surface area contributed by atoms with Gasteiger partial charge in [0.25, 0.3) is 0 Å². The van der Waals surface area contributed by atoms with Crippen LogP contribution in [0.15, 0.2) is 18.3 Å². The van der Waals surface area contributed by atoms with Crippen molar-refractivity contribution in [1.82, 2.24) is 4.98 Å². The smallest absolute Gasteiger partial charge is 0.128 e. The molecule has 2 fully saturated rings. The summed E-state index contributed by atoms with van der Waals surface area (Å²) in [6.45, 7) is 1.75. The van der Waals surface area contributed by atoms with Crippen LogP contribution in [0.4, 0.5) is 5.82 Å². The first kappa shape index (κ1) is 12.0. The van der Waals surface area contributed by atoms with Gasteiger partial charge < -0.3 is 10.6 Å². The second-order valence-corrected chi connectivity index (χ2v) is 6.04. The maximum Gasteiger partial charge on any atom is 0.128 e. The molecule has 3 nitrogen and oxygen atoms in total. The third kappa shape index (κ3) is 2.24. The van der Waals surface area contributed by atoms with Gasteiger partial charge >= 0.3 is 0 Å². The molecule has 3 unspecified atom stereocenters. The molecule has 1 heterocycles. The van der Waals surface area contributed by atoms with E-state index in [1.54, 1.807) is 0 Å². The zero-order valence-corrected chi connectivity index (χ0v) is 11.2. The van der Waals surface area contributed by atoms with Crippen molar-refractivity contribution in [3.8, 4) is 0 Å². The summed E-state index contributed by atoms with van der Waals surface area (Å²) in [7, 11) is 2.16. The van der Waals surface area contributed by atoms with Crippen molar-refractivity contribution in [3.05, 3.63) is 23.9 Å². The molecule has 2 aliphatic carbocycles. The van der Waals surface area contributed by atoms with E-state index in [0.29, 0.717) is 6.54 Å². The number of anilines is 1. The number of fused-ring (bicyclic) bond motifs is 2. The second-order valence-electron chi connectivity index (χ2n) is 6.04. The molecule has 0 radical (unpaired) electrons. The Morgan fingerprint density at radius 1 is 1.39 bits per heavy atom. The summed E-state index contributed by atoms with van der Waals surface area (Å²) in [4.78, 5) is 6.77. The summed E-state index contributed by atoms with van der Waals surface area (Å²) < 4.78 is 0. The molecule has 0 saturated heterocycles. The van der Waals surface area contributed by atoms with E-state index >= 15 is 0 Å². The fourth-order valence-electron chi connectivity index (χ4n) is 3.84. The number of pyridine rings is 1. The quantitative estimate of drug-likeness (QED) is 0.885. The van der Waals surface area contributed by atoms with E-state index in [-0.39, 0.29) is 0 Å². The third-order valence-corrected chi connectivity index (χ3v) is 4.83. The van der Waals surface area contributed by atoms with Crippen molar-refractivity contribution in [1.29, 1.82) is 0 Å². The molecular weight excluding hydrogens is 222 g/mol. The lowest BCUT2D eigenvalue weighted by molar-refractivity contribution is 0.337.